The molecule has 2 N–H and O–H groups in total. The Balaban J connectivity index is 0.00000529. The van der Waals surface area contributed by atoms with Gasteiger partial charge >= 0.3 is 0 Å². The van der Waals surface area contributed by atoms with Crippen molar-refractivity contribution >= 4 is 17.0 Å². The molecule has 0 saturated heterocycles. The van der Waals surface area contributed by atoms with E-state index >= 15 is 0 Å². The normalized spacial score (nSPS) is 13.0. The van der Waals surface area contributed by atoms with E-state index in [1.165, 1.54) is 29.6 Å². The molecule has 0 heterocycles. The molecule has 2 unspecified atom stereocenters. The smallest absolute Gasteiger partial charge is 0.106 e. The molecule has 24 heavy (non-hydrogen) atoms. The highest BCUT2D eigenvalue weighted by molar-refractivity contribution is 8.93. The van der Waals surface area contributed by atoms with Crippen LogP contribution in [0, 0.1) is 0 Å². The molecule has 0 aliphatic heterocycles. The zero-order chi connectivity index (χ0) is 17.1. The number of hydrogen-bond acceptors (Lipinski definition) is 2. The van der Waals surface area contributed by atoms with Gasteiger partial charge < -0.3 is 10.5 Å². The lowest BCUT2D eigenvalue weighted by molar-refractivity contribution is 0.00191. The van der Waals surface area contributed by atoms with E-state index in [-0.39, 0.29) is 29.3 Å². The molecule has 0 spiro atoms. The molecule has 2 nitrogen and oxygen atoms in total. The lowest BCUT2D eigenvalue weighted by Crippen LogP contribution is -2.27. The Morgan fingerprint density at radius 3 is 2.08 bits per heavy atom. The van der Waals surface area contributed by atoms with Gasteiger partial charge in [0.2, 0.25) is 0 Å². The van der Waals surface area contributed by atoms with E-state index in [9.17, 15) is 0 Å². The van der Waals surface area contributed by atoms with Crippen molar-refractivity contribution in [3.63, 3.8) is 0 Å². The fraction of sp³-hybridized carbons (Fsp3) is 0.619. The molecule has 0 bridgehead atoms. The third-order valence-corrected chi connectivity index (χ3v) is 4.51. The van der Waals surface area contributed by atoms with Gasteiger partial charge in [-0.1, -0.05) is 76.4 Å². The molecule has 138 valence electrons. The number of halogens is 1. The molecule has 1 aromatic carbocycles. The van der Waals surface area contributed by atoms with Crippen LogP contribution in [-0.4, -0.2) is 6.23 Å². The van der Waals surface area contributed by atoms with Crippen LogP contribution < -0.4 is 5.73 Å². The van der Waals surface area contributed by atoms with E-state index in [2.05, 4.69) is 58.0 Å². The first-order valence-corrected chi connectivity index (χ1v) is 9.34. The largest absolute Gasteiger partial charge is 0.351 e. The monoisotopic (exact) mass is 397 g/mol. The number of ether oxygens (including phenoxy) is 1. The minimum Gasteiger partial charge on any atom is -0.351 e. The first kappa shape index (κ1) is 23.4. The van der Waals surface area contributed by atoms with E-state index < -0.39 is 0 Å². The molecule has 0 aliphatic rings. The van der Waals surface area contributed by atoms with Gasteiger partial charge in [-0.2, -0.15) is 0 Å². The topological polar surface area (TPSA) is 35.2 Å². The standard InChI is InChI=1S/C21H35NO.BrH/c1-5-9-11-16-20(22)23-21(18-14-12-10-13-15-18)19(8-4)17(6-2)7-3;/h10,12-15,20-21H,5-9,11,16,22H2,1-4H3;1H. The van der Waals surface area contributed by atoms with Crippen molar-refractivity contribution in [3.05, 3.63) is 47.0 Å². The van der Waals surface area contributed by atoms with Crippen molar-refractivity contribution in [2.75, 3.05) is 0 Å². The molecule has 1 rings (SSSR count). The van der Waals surface area contributed by atoms with Crippen molar-refractivity contribution in [2.45, 2.75) is 85.0 Å². The van der Waals surface area contributed by atoms with E-state index in [1.807, 2.05) is 0 Å². The van der Waals surface area contributed by atoms with Crippen molar-refractivity contribution in [3.8, 4) is 0 Å². The quantitative estimate of drug-likeness (QED) is 0.255. The highest BCUT2D eigenvalue weighted by Crippen LogP contribution is 2.33. The third-order valence-electron chi connectivity index (χ3n) is 4.51. The van der Waals surface area contributed by atoms with Gasteiger partial charge in [0.25, 0.3) is 0 Å². The molecular formula is C21H36BrNO. The van der Waals surface area contributed by atoms with Crippen LogP contribution >= 0.6 is 17.0 Å². The summed E-state index contributed by atoms with van der Waals surface area (Å²) < 4.78 is 6.34. The number of unbranched alkanes of at least 4 members (excludes halogenated alkanes) is 2. The maximum absolute atomic E-state index is 6.34. The zero-order valence-corrected chi connectivity index (χ0v) is 17.6. The second-order valence-corrected chi connectivity index (χ2v) is 6.15. The van der Waals surface area contributed by atoms with Gasteiger partial charge in [0, 0.05) is 0 Å². The van der Waals surface area contributed by atoms with Crippen LogP contribution in [-0.2, 0) is 4.74 Å². The minimum absolute atomic E-state index is 0. The van der Waals surface area contributed by atoms with Crippen LogP contribution in [0.4, 0.5) is 0 Å². The molecule has 0 aliphatic carbocycles. The Labute approximate surface area is 159 Å². The van der Waals surface area contributed by atoms with Crippen LogP contribution in [0.25, 0.3) is 0 Å². The molecule has 0 amide bonds. The van der Waals surface area contributed by atoms with Gasteiger partial charge in [0.1, 0.15) is 12.3 Å². The maximum atomic E-state index is 6.34. The molecule has 3 heteroatoms. The van der Waals surface area contributed by atoms with E-state index in [0.717, 1.165) is 32.1 Å². The SMILES string of the molecule is Br.CCCCCC(N)OC(C(CC)=C(CC)CC)c1ccccc1. The molecule has 0 saturated carbocycles. The van der Waals surface area contributed by atoms with Gasteiger partial charge in [0.05, 0.1) is 0 Å². The van der Waals surface area contributed by atoms with Crippen LogP contribution in [0.2, 0.25) is 0 Å². The Kier molecular flexibility index (Phi) is 13.3. The highest BCUT2D eigenvalue weighted by Gasteiger charge is 2.21. The summed E-state index contributed by atoms with van der Waals surface area (Å²) in [4.78, 5) is 0. The van der Waals surface area contributed by atoms with Gasteiger partial charge in [-0.25, -0.2) is 0 Å². The summed E-state index contributed by atoms with van der Waals surface area (Å²) in [6.45, 7) is 8.91. The second-order valence-electron chi connectivity index (χ2n) is 6.15. The van der Waals surface area contributed by atoms with Crippen molar-refractivity contribution in [2.24, 2.45) is 5.73 Å². The number of nitrogens with two attached hydrogens (primary N) is 1. The van der Waals surface area contributed by atoms with E-state index in [0.29, 0.717) is 0 Å². The van der Waals surface area contributed by atoms with Crippen LogP contribution in [0.5, 0.6) is 0 Å². The van der Waals surface area contributed by atoms with Crippen molar-refractivity contribution in [1.29, 1.82) is 0 Å². The average molecular weight is 398 g/mol. The molecular weight excluding hydrogens is 362 g/mol. The zero-order valence-electron chi connectivity index (χ0n) is 15.9. The summed E-state index contributed by atoms with van der Waals surface area (Å²) in [5.41, 5.74) is 10.4. The Hall–Kier alpha value is -0.640. The van der Waals surface area contributed by atoms with E-state index in [1.54, 1.807) is 0 Å². The number of hydrogen-bond donors (Lipinski definition) is 1. The first-order chi connectivity index (χ1) is 11.2. The van der Waals surface area contributed by atoms with Crippen LogP contribution in [0.1, 0.15) is 84.3 Å². The molecule has 0 radical (unpaired) electrons. The summed E-state index contributed by atoms with van der Waals surface area (Å²) in [5.74, 6) is 0. The fourth-order valence-corrected chi connectivity index (χ4v) is 3.15. The molecule has 0 fully saturated rings. The molecule has 2 atom stereocenters. The van der Waals surface area contributed by atoms with Crippen LogP contribution in [0.15, 0.2) is 41.5 Å². The second kappa shape index (κ2) is 13.6. The molecule has 1 aromatic rings. The van der Waals surface area contributed by atoms with Crippen molar-refractivity contribution < 1.29 is 4.74 Å². The maximum Gasteiger partial charge on any atom is 0.106 e. The van der Waals surface area contributed by atoms with Gasteiger partial charge in [-0.15, -0.1) is 17.0 Å². The van der Waals surface area contributed by atoms with Gasteiger partial charge in [0.15, 0.2) is 0 Å². The van der Waals surface area contributed by atoms with Gasteiger partial charge in [-0.3, -0.25) is 0 Å². The summed E-state index contributed by atoms with van der Waals surface area (Å²) in [5, 5.41) is 0. The lowest BCUT2D eigenvalue weighted by Gasteiger charge is -2.27. The Morgan fingerprint density at radius 2 is 1.58 bits per heavy atom. The highest BCUT2D eigenvalue weighted by atomic mass is 79.9. The Morgan fingerprint density at radius 1 is 0.958 bits per heavy atom. The summed E-state index contributed by atoms with van der Waals surface area (Å²) in [6, 6.07) is 10.5. The number of allylic oxidation sites excluding steroid dienone is 1. The van der Waals surface area contributed by atoms with Crippen molar-refractivity contribution in [1.82, 2.24) is 0 Å². The fourth-order valence-electron chi connectivity index (χ4n) is 3.15. The lowest BCUT2D eigenvalue weighted by atomic mass is 9.92. The van der Waals surface area contributed by atoms with Crippen LogP contribution in [0.3, 0.4) is 0 Å². The first-order valence-electron chi connectivity index (χ1n) is 9.34. The predicted octanol–water partition coefficient (Wildman–Crippen LogP) is 6.71. The number of rotatable bonds is 11. The Bertz CT molecular complexity index is 452. The predicted molar refractivity (Wildman–Crippen MR) is 111 cm³/mol. The molecule has 0 aromatic heterocycles. The van der Waals surface area contributed by atoms with E-state index in [4.69, 9.17) is 10.5 Å². The summed E-state index contributed by atoms with van der Waals surface area (Å²) >= 11 is 0. The summed E-state index contributed by atoms with van der Waals surface area (Å²) in [6.07, 6.45) is 7.48. The summed E-state index contributed by atoms with van der Waals surface area (Å²) in [7, 11) is 0. The van der Waals surface area contributed by atoms with Gasteiger partial charge in [-0.05, 0) is 43.2 Å². The minimum atomic E-state index is -0.191. The number of benzene rings is 1. The average Bonchev–Trinajstić information content (AvgIpc) is 2.59. The third kappa shape index (κ3) is 7.50.